The summed E-state index contributed by atoms with van der Waals surface area (Å²) in [6, 6.07) is 7.59. The van der Waals surface area contributed by atoms with Gasteiger partial charge in [-0.05, 0) is 48.7 Å². The van der Waals surface area contributed by atoms with Gasteiger partial charge in [-0.25, -0.2) is 13.8 Å². The molecule has 0 amide bonds. The van der Waals surface area contributed by atoms with Crippen LogP contribution >= 0.6 is 0 Å². The molecule has 0 saturated carbocycles. The van der Waals surface area contributed by atoms with E-state index in [9.17, 15) is 8.78 Å². The molecule has 0 spiro atoms. The third kappa shape index (κ3) is 3.03. The standard InChI is InChI=1S/C14H14F2N2/c1-10-9-12(15)5-4-11(10)6-8-18-14-13(16)3-2-7-17-14/h2-5,7,9H,6,8H2,1H3,(H,17,18). The number of nitrogens with zero attached hydrogens (tertiary/aromatic N) is 1. The molecule has 0 aliphatic carbocycles. The van der Waals surface area contributed by atoms with Crippen LogP contribution in [0.2, 0.25) is 0 Å². The van der Waals surface area contributed by atoms with Gasteiger partial charge in [0.05, 0.1) is 0 Å². The van der Waals surface area contributed by atoms with Crippen LogP contribution in [0.1, 0.15) is 11.1 Å². The lowest BCUT2D eigenvalue weighted by Gasteiger charge is -2.08. The molecule has 1 heterocycles. The summed E-state index contributed by atoms with van der Waals surface area (Å²) in [5.74, 6) is -0.356. The van der Waals surface area contributed by atoms with Crippen LogP contribution in [0.5, 0.6) is 0 Å². The predicted octanol–water partition coefficient (Wildman–Crippen LogP) is 3.32. The van der Waals surface area contributed by atoms with E-state index in [-0.39, 0.29) is 17.5 Å². The summed E-state index contributed by atoms with van der Waals surface area (Å²) >= 11 is 0. The van der Waals surface area contributed by atoms with Crippen LogP contribution in [0.4, 0.5) is 14.6 Å². The van der Waals surface area contributed by atoms with Crippen molar-refractivity contribution in [1.82, 2.24) is 4.98 Å². The summed E-state index contributed by atoms with van der Waals surface area (Å²) in [6.07, 6.45) is 2.23. The first-order chi connectivity index (χ1) is 8.66. The Hall–Kier alpha value is -1.97. The number of hydrogen-bond donors (Lipinski definition) is 1. The Morgan fingerprint density at radius 3 is 2.78 bits per heavy atom. The van der Waals surface area contributed by atoms with Gasteiger partial charge in [-0.1, -0.05) is 6.07 Å². The minimum atomic E-state index is -0.367. The summed E-state index contributed by atoms with van der Waals surface area (Å²) in [5, 5.41) is 2.92. The van der Waals surface area contributed by atoms with Crippen molar-refractivity contribution in [3.05, 3.63) is 59.3 Å². The van der Waals surface area contributed by atoms with E-state index < -0.39 is 0 Å². The molecule has 2 aromatic rings. The molecule has 94 valence electrons. The molecule has 0 aliphatic rings. The van der Waals surface area contributed by atoms with Gasteiger partial charge in [0.25, 0.3) is 0 Å². The third-order valence-corrected chi connectivity index (χ3v) is 2.75. The Morgan fingerprint density at radius 1 is 1.22 bits per heavy atom. The highest BCUT2D eigenvalue weighted by molar-refractivity contribution is 5.36. The Labute approximate surface area is 105 Å². The third-order valence-electron chi connectivity index (χ3n) is 2.75. The van der Waals surface area contributed by atoms with E-state index in [4.69, 9.17) is 0 Å². The largest absolute Gasteiger partial charge is 0.367 e. The molecular weight excluding hydrogens is 234 g/mol. The molecule has 2 nitrogen and oxygen atoms in total. The molecule has 0 atom stereocenters. The van der Waals surface area contributed by atoms with Gasteiger partial charge in [0.1, 0.15) is 5.82 Å². The zero-order chi connectivity index (χ0) is 13.0. The first-order valence-electron chi connectivity index (χ1n) is 5.76. The minimum absolute atomic E-state index is 0.236. The highest BCUT2D eigenvalue weighted by Gasteiger charge is 2.03. The molecule has 1 aromatic carbocycles. The topological polar surface area (TPSA) is 24.9 Å². The molecule has 4 heteroatoms. The highest BCUT2D eigenvalue weighted by atomic mass is 19.1. The van der Waals surface area contributed by atoms with Gasteiger partial charge in [0, 0.05) is 12.7 Å². The molecule has 0 fully saturated rings. The van der Waals surface area contributed by atoms with Gasteiger partial charge in [0.15, 0.2) is 11.6 Å². The van der Waals surface area contributed by atoms with Crippen molar-refractivity contribution in [1.29, 1.82) is 0 Å². The van der Waals surface area contributed by atoms with E-state index >= 15 is 0 Å². The first-order valence-corrected chi connectivity index (χ1v) is 5.76. The average molecular weight is 248 g/mol. The number of aromatic nitrogens is 1. The van der Waals surface area contributed by atoms with Crippen LogP contribution in [-0.4, -0.2) is 11.5 Å². The van der Waals surface area contributed by atoms with Crippen molar-refractivity contribution < 1.29 is 8.78 Å². The molecule has 0 radical (unpaired) electrons. The van der Waals surface area contributed by atoms with Gasteiger partial charge in [-0.3, -0.25) is 0 Å². The number of benzene rings is 1. The monoisotopic (exact) mass is 248 g/mol. The molecule has 0 aliphatic heterocycles. The Balaban J connectivity index is 1.95. The van der Waals surface area contributed by atoms with E-state index in [0.29, 0.717) is 13.0 Å². The minimum Gasteiger partial charge on any atom is -0.367 e. The average Bonchev–Trinajstić information content (AvgIpc) is 2.34. The fraction of sp³-hybridized carbons (Fsp3) is 0.214. The molecule has 0 bridgehead atoms. The lowest BCUT2D eigenvalue weighted by molar-refractivity contribution is 0.623. The maximum Gasteiger partial charge on any atom is 0.165 e. The number of anilines is 1. The Morgan fingerprint density at radius 2 is 2.06 bits per heavy atom. The lowest BCUT2D eigenvalue weighted by atomic mass is 10.1. The Bertz CT molecular complexity index is 541. The van der Waals surface area contributed by atoms with Crippen LogP contribution < -0.4 is 5.32 Å². The smallest absolute Gasteiger partial charge is 0.165 e. The van der Waals surface area contributed by atoms with Crippen LogP contribution in [0, 0.1) is 18.6 Å². The Kier molecular flexibility index (Phi) is 3.87. The van der Waals surface area contributed by atoms with Crippen molar-refractivity contribution >= 4 is 5.82 Å². The van der Waals surface area contributed by atoms with E-state index in [1.807, 2.05) is 6.92 Å². The van der Waals surface area contributed by atoms with Gasteiger partial charge in [-0.2, -0.15) is 0 Å². The number of rotatable bonds is 4. The number of hydrogen-bond acceptors (Lipinski definition) is 2. The van der Waals surface area contributed by atoms with Gasteiger partial charge < -0.3 is 5.32 Å². The molecule has 18 heavy (non-hydrogen) atoms. The quantitative estimate of drug-likeness (QED) is 0.897. The normalized spacial score (nSPS) is 10.4. The summed E-state index contributed by atoms with van der Waals surface area (Å²) < 4.78 is 26.2. The zero-order valence-electron chi connectivity index (χ0n) is 10.1. The SMILES string of the molecule is Cc1cc(F)ccc1CCNc1ncccc1F. The summed E-state index contributed by atoms with van der Waals surface area (Å²) in [7, 11) is 0. The fourth-order valence-corrected chi connectivity index (χ4v) is 1.77. The van der Waals surface area contributed by atoms with Gasteiger partial charge in [-0.15, -0.1) is 0 Å². The van der Waals surface area contributed by atoms with Crippen molar-refractivity contribution in [2.45, 2.75) is 13.3 Å². The number of nitrogens with one attached hydrogen (secondary N) is 1. The second-order valence-electron chi connectivity index (χ2n) is 4.08. The van der Waals surface area contributed by atoms with Crippen LogP contribution in [0.15, 0.2) is 36.5 Å². The van der Waals surface area contributed by atoms with Crippen molar-refractivity contribution in [2.24, 2.45) is 0 Å². The zero-order valence-corrected chi connectivity index (χ0v) is 10.1. The molecule has 2 rings (SSSR count). The molecule has 1 N–H and O–H groups in total. The second kappa shape index (κ2) is 5.58. The second-order valence-corrected chi connectivity index (χ2v) is 4.08. The van der Waals surface area contributed by atoms with E-state index in [1.54, 1.807) is 12.1 Å². The summed E-state index contributed by atoms with van der Waals surface area (Å²) in [5.41, 5.74) is 1.94. The van der Waals surface area contributed by atoms with E-state index in [1.165, 1.54) is 24.4 Å². The number of pyridine rings is 1. The summed E-state index contributed by atoms with van der Waals surface area (Å²) in [6.45, 7) is 2.42. The van der Waals surface area contributed by atoms with E-state index in [0.717, 1.165) is 11.1 Å². The summed E-state index contributed by atoms with van der Waals surface area (Å²) in [4.78, 5) is 3.90. The molecule has 0 saturated heterocycles. The lowest BCUT2D eigenvalue weighted by Crippen LogP contribution is -2.08. The van der Waals surface area contributed by atoms with Crippen LogP contribution in [0.25, 0.3) is 0 Å². The molecular formula is C14H14F2N2. The van der Waals surface area contributed by atoms with Crippen molar-refractivity contribution in [3.63, 3.8) is 0 Å². The van der Waals surface area contributed by atoms with Crippen LogP contribution in [0.3, 0.4) is 0 Å². The first kappa shape index (κ1) is 12.5. The molecule has 1 aromatic heterocycles. The van der Waals surface area contributed by atoms with E-state index in [2.05, 4.69) is 10.3 Å². The maximum atomic E-state index is 13.3. The van der Waals surface area contributed by atoms with Gasteiger partial charge in [0.2, 0.25) is 0 Å². The number of halogens is 2. The number of aryl methyl sites for hydroxylation is 1. The predicted molar refractivity (Wildman–Crippen MR) is 67.5 cm³/mol. The molecule has 0 unspecified atom stereocenters. The van der Waals surface area contributed by atoms with Crippen LogP contribution in [-0.2, 0) is 6.42 Å². The van der Waals surface area contributed by atoms with Gasteiger partial charge >= 0.3 is 0 Å². The van der Waals surface area contributed by atoms with Crippen molar-refractivity contribution in [2.75, 3.05) is 11.9 Å². The highest BCUT2D eigenvalue weighted by Crippen LogP contribution is 2.12. The fourth-order valence-electron chi connectivity index (χ4n) is 1.77. The maximum absolute atomic E-state index is 13.3. The van der Waals surface area contributed by atoms with Crippen molar-refractivity contribution in [3.8, 4) is 0 Å².